The summed E-state index contributed by atoms with van der Waals surface area (Å²) in [4.78, 5) is 13.3. The predicted molar refractivity (Wildman–Crippen MR) is 84.0 cm³/mol. The van der Waals surface area contributed by atoms with Crippen LogP contribution in [0.2, 0.25) is 0 Å². The molecule has 1 saturated heterocycles. The number of aromatic nitrogens is 1. The SMILES string of the molecule is CC(=O)NCC1CCN(Cc2cc(-c3ccccc3)no2)C1. The maximum Gasteiger partial charge on any atom is 0.216 e. The van der Waals surface area contributed by atoms with Crippen molar-refractivity contribution in [1.29, 1.82) is 0 Å². The number of rotatable bonds is 5. The highest BCUT2D eigenvalue weighted by atomic mass is 16.5. The van der Waals surface area contributed by atoms with Crippen molar-refractivity contribution < 1.29 is 9.32 Å². The van der Waals surface area contributed by atoms with Crippen LogP contribution in [0.15, 0.2) is 40.9 Å². The van der Waals surface area contributed by atoms with Gasteiger partial charge in [0.25, 0.3) is 0 Å². The highest BCUT2D eigenvalue weighted by Crippen LogP contribution is 2.22. The van der Waals surface area contributed by atoms with Crippen LogP contribution in [0.1, 0.15) is 19.1 Å². The van der Waals surface area contributed by atoms with Gasteiger partial charge in [0.1, 0.15) is 5.69 Å². The zero-order valence-electron chi connectivity index (χ0n) is 12.8. The van der Waals surface area contributed by atoms with Gasteiger partial charge in [0, 0.05) is 31.6 Å². The molecule has 1 aromatic carbocycles. The van der Waals surface area contributed by atoms with Crippen molar-refractivity contribution in [3.05, 3.63) is 42.2 Å². The lowest BCUT2D eigenvalue weighted by Gasteiger charge is -2.14. The van der Waals surface area contributed by atoms with Gasteiger partial charge in [-0.3, -0.25) is 9.69 Å². The number of nitrogens with zero attached hydrogens (tertiary/aromatic N) is 2. The first kappa shape index (κ1) is 14.8. The maximum absolute atomic E-state index is 11.0. The van der Waals surface area contributed by atoms with Gasteiger partial charge in [-0.15, -0.1) is 0 Å². The Labute approximate surface area is 130 Å². The minimum absolute atomic E-state index is 0.0428. The monoisotopic (exact) mass is 299 g/mol. The molecule has 1 aromatic heterocycles. The molecule has 116 valence electrons. The maximum atomic E-state index is 11.0. The predicted octanol–water partition coefficient (Wildman–Crippen LogP) is 2.30. The zero-order valence-corrected chi connectivity index (χ0v) is 12.8. The molecule has 5 nitrogen and oxygen atoms in total. The molecule has 0 bridgehead atoms. The molecule has 1 unspecified atom stereocenters. The Kier molecular flexibility index (Phi) is 4.53. The Morgan fingerprint density at radius 1 is 1.41 bits per heavy atom. The van der Waals surface area contributed by atoms with E-state index in [4.69, 9.17) is 4.52 Å². The number of hydrogen-bond acceptors (Lipinski definition) is 4. The van der Waals surface area contributed by atoms with E-state index >= 15 is 0 Å². The fraction of sp³-hybridized carbons (Fsp3) is 0.412. The summed E-state index contributed by atoms with van der Waals surface area (Å²) in [5, 5.41) is 7.04. The van der Waals surface area contributed by atoms with E-state index in [2.05, 4.69) is 15.4 Å². The summed E-state index contributed by atoms with van der Waals surface area (Å²) in [5.74, 6) is 1.46. The lowest BCUT2D eigenvalue weighted by Crippen LogP contribution is -2.29. The Morgan fingerprint density at radius 2 is 2.23 bits per heavy atom. The molecule has 0 aliphatic carbocycles. The molecule has 1 N–H and O–H groups in total. The van der Waals surface area contributed by atoms with Crippen molar-refractivity contribution in [2.75, 3.05) is 19.6 Å². The largest absolute Gasteiger partial charge is 0.359 e. The Morgan fingerprint density at radius 3 is 3.00 bits per heavy atom. The standard InChI is InChI=1S/C17H21N3O2/c1-13(21)18-10-14-7-8-20(11-14)12-16-9-17(19-22-16)15-5-3-2-4-6-15/h2-6,9,14H,7-8,10-12H2,1H3,(H,18,21). The number of hydrogen-bond donors (Lipinski definition) is 1. The zero-order chi connectivity index (χ0) is 15.4. The second-order valence-corrected chi connectivity index (χ2v) is 5.87. The fourth-order valence-corrected chi connectivity index (χ4v) is 2.86. The molecule has 0 saturated carbocycles. The van der Waals surface area contributed by atoms with E-state index < -0.39 is 0 Å². The first-order valence-electron chi connectivity index (χ1n) is 7.68. The molecule has 5 heteroatoms. The van der Waals surface area contributed by atoms with E-state index in [0.29, 0.717) is 5.92 Å². The first-order valence-corrected chi connectivity index (χ1v) is 7.68. The molecule has 1 atom stereocenters. The Balaban J connectivity index is 1.54. The molecular formula is C17H21N3O2. The van der Waals surface area contributed by atoms with Crippen LogP contribution in [0, 0.1) is 5.92 Å². The summed E-state index contributed by atoms with van der Waals surface area (Å²) < 4.78 is 5.45. The topological polar surface area (TPSA) is 58.4 Å². The molecule has 1 amide bonds. The third-order valence-electron chi connectivity index (χ3n) is 4.02. The molecule has 2 aromatic rings. The van der Waals surface area contributed by atoms with Crippen molar-refractivity contribution in [2.24, 2.45) is 5.92 Å². The van der Waals surface area contributed by atoms with Gasteiger partial charge in [-0.25, -0.2) is 0 Å². The van der Waals surface area contributed by atoms with Crippen LogP contribution >= 0.6 is 0 Å². The Bertz CT molecular complexity index is 624. The van der Waals surface area contributed by atoms with Crippen LogP contribution in [-0.4, -0.2) is 35.6 Å². The van der Waals surface area contributed by atoms with E-state index in [1.54, 1.807) is 6.92 Å². The smallest absolute Gasteiger partial charge is 0.216 e. The molecule has 22 heavy (non-hydrogen) atoms. The highest BCUT2D eigenvalue weighted by Gasteiger charge is 2.23. The molecule has 0 radical (unpaired) electrons. The van der Waals surface area contributed by atoms with Gasteiger partial charge < -0.3 is 9.84 Å². The third kappa shape index (κ3) is 3.74. The van der Waals surface area contributed by atoms with Gasteiger partial charge in [0.2, 0.25) is 5.91 Å². The number of amides is 1. The number of likely N-dealkylation sites (tertiary alicyclic amines) is 1. The number of carbonyl (C=O) groups excluding carboxylic acids is 1. The summed E-state index contributed by atoms with van der Waals surface area (Å²) in [5.41, 5.74) is 1.95. The van der Waals surface area contributed by atoms with Gasteiger partial charge in [-0.05, 0) is 18.9 Å². The van der Waals surface area contributed by atoms with E-state index in [1.165, 1.54) is 0 Å². The summed E-state index contributed by atoms with van der Waals surface area (Å²) >= 11 is 0. The highest BCUT2D eigenvalue weighted by molar-refractivity contribution is 5.72. The van der Waals surface area contributed by atoms with Gasteiger partial charge in [0.15, 0.2) is 5.76 Å². The number of nitrogens with one attached hydrogen (secondary N) is 1. The average molecular weight is 299 g/mol. The third-order valence-corrected chi connectivity index (χ3v) is 4.02. The van der Waals surface area contributed by atoms with Crippen LogP contribution in [0.3, 0.4) is 0 Å². The lowest BCUT2D eigenvalue weighted by molar-refractivity contribution is -0.119. The van der Waals surface area contributed by atoms with Crippen molar-refractivity contribution >= 4 is 5.91 Å². The van der Waals surface area contributed by atoms with Crippen LogP contribution in [0.5, 0.6) is 0 Å². The van der Waals surface area contributed by atoms with Crippen molar-refractivity contribution in [3.8, 4) is 11.3 Å². The summed E-state index contributed by atoms with van der Waals surface area (Å²) in [6, 6.07) is 12.1. The summed E-state index contributed by atoms with van der Waals surface area (Å²) in [6.45, 7) is 5.12. The van der Waals surface area contributed by atoms with Crippen LogP contribution in [0.4, 0.5) is 0 Å². The fourth-order valence-electron chi connectivity index (χ4n) is 2.86. The second kappa shape index (κ2) is 6.75. The lowest BCUT2D eigenvalue weighted by atomic mass is 10.1. The minimum Gasteiger partial charge on any atom is -0.359 e. The van der Waals surface area contributed by atoms with Gasteiger partial charge >= 0.3 is 0 Å². The quantitative estimate of drug-likeness (QED) is 0.920. The molecule has 1 aliphatic heterocycles. The van der Waals surface area contributed by atoms with Gasteiger partial charge in [0.05, 0.1) is 6.54 Å². The molecule has 2 heterocycles. The van der Waals surface area contributed by atoms with Crippen LogP contribution in [0.25, 0.3) is 11.3 Å². The summed E-state index contributed by atoms with van der Waals surface area (Å²) in [7, 11) is 0. The van der Waals surface area contributed by atoms with Crippen molar-refractivity contribution in [3.63, 3.8) is 0 Å². The second-order valence-electron chi connectivity index (χ2n) is 5.87. The van der Waals surface area contributed by atoms with E-state index in [9.17, 15) is 4.79 Å². The van der Waals surface area contributed by atoms with Crippen molar-refractivity contribution in [1.82, 2.24) is 15.4 Å². The van der Waals surface area contributed by atoms with Crippen LogP contribution < -0.4 is 5.32 Å². The molecule has 1 aliphatic rings. The molecule has 0 spiro atoms. The van der Waals surface area contributed by atoms with E-state index in [1.807, 2.05) is 36.4 Å². The van der Waals surface area contributed by atoms with E-state index in [-0.39, 0.29) is 5.91 Å². The average Bonchev–Trinajstić information content (AvgIpc) is 3.16. The van der Waals surface area contributed by atoms with Gasteiger partial charge in [-0.1, -0.05) is 35.5 Å². The Hall–Kier alpha value is -2.14. The molecule has 3 rings (SSSR count). The summed E-state index contributed by atoms with van der Waals surface area (Å²) in [6.07, 6.45) is 1.11. The van der Waals surface area contributed by atoms with E-state index in [0.717, 1.165) is 49.6 Å². The van der Waals surface area contributed by atoms with Gasteiger partial charge in [-0.2, -0.15) is 0 Å². The normalized spacial score (nSPS) is 18.5. The van der Waals surface area contributed by atoms with Crippen LogP contribution in [-0.2, 0) is 11.3 Å². The number of benzene rings is 1. The molecular weight excluding hydrogens is 278 g/mol. The minimum atomic E-state index is 0.0428. The molecule has 1 fully saturated rings. The number of carbonyl (C=O) groups is 1. The first-order chi connectivity index (χ1) is 10.7. The van der Waals surface area contributed by atoms with Crippen molar-refractivity contribution in [2.45, 2.75) is 19.9 Å².